The predicted octanol–water partition coefficient (Wildman–Crippen LogP) is 0.793. The summed E-state index contributed by atoms with van der Waals surface area (Å²) in [6, 6.07) is 8.09. The molecule has 0 aliphatic carbocycles. The van der Waals surface area contributed by atoms with Gasteiger partial charge in [0.1, 0.15) is 0 Å². The molecular formula is C20H29N3O5S. The van der Waals surface area contributed by atoms with E-state index >= 15 is 0 Å². The van der Waals surface area contributed by atoms with Gasteiger partial charge in [-0.15, -0.1) is 0 Å². The third-order valence-electron chi connectivity index (χ3n) is 5.90. The average molecular weight is 424 g/mol. The van der Waals surface area contributed by atoms with Crippen LogP contribution in [0.1, 0.15) is 19.8 Å². The number of amides is 1. The molecule has 0 spiro atoms. The van der Waals surface area contributed by atoms with E-state index in [9.17, 15) is 18.0 Å². The Morgan fingerprint density at radius 2 is 1.59 bits per heavy atom. The Hall–Kier alpha value is -1.97. The summed E-state index contributed by atoms with van der Waals surface area (Å²) >= 11 is 0. The number of carbonyl (C=O) groups is 2. The van der Waals surface area contributed by atoms with Crippen LogP contribution in [0.2, 0.25) is 0 Å². The van der Waals surface area contributed by atoms with Gasteiger partial charge in [-0.1, -0.05) is 18.2 Å². The van der Waals surface area contributed by atoms with E-state index in [1.54, 1.807) is 35.2 Å². The van der Waals surface area contributed by atoms with Crippen molar-refractivity contribution < 1.29 is 22.7 Å². The molecule has 3 rings (SSSR count). The third kappa shape index (κ3) is 4.79. The molecule has 2 aliphatic heterocycles. The molecule has 0 unspecified atom stereocenters. The quantitative estimate of drug-likeness (QED) is 0.651. The summed E-state index contributed by atoms with van der Waals surface area (Å²) in [4.78, 5) is 28.7. The van der Waals surface area contributed by atoms with Gasteiger partial charge in [0, 0.05) is 26.2 Å². The lowest BCUT2D eigenvalue weighted by atomic mass is 9.96. The van der Waals surface area contributed by atoms with Crippen LogP contribution in [0, 0.1) is 5.92 Å². The lowest BCUT2D eigenvalue weighted by molar-refractivity contribution is -0.147. The van der Waals surface area contributed by atoms with Gasteiger partial charge in [-0.25, -0.2) is 8.42 Å². The maximum atomic E-state index is 12.9. The minimum absolute atomic E-state index is 0.0123. The van der Waals surface area contributed by atoms with Crippen molar-refractivity contribution >= 4 is 21.9 Å². The Labute approximate surface area is 172 Å². The summed E-state index contributed by atoms with van der Waals surface area (Å²) in [5, 5.41) is 0. The molecule has 0 N–H and O–H groups in total. The molecule has 8 nitrogen and oxygen atoms in total. The molecule has 1 amide bonds. The largest absolute Gasteiger partial charge is 0.469 e. The zero-order chi connectivity index (χ0) is 21.0. The first-order chi connectivity index (χ1) is 13.8. The SMILES string of the molecule is COC(=O)C1CCN([C@H](C)C(=O)N2CCN(S(=O)(=O)c3ccccc3)CC2)CC1. The molecule has 1 aromatic rings. The van der Waals surface area contributed by atoms with Crippen molar-refractivity contribution in [3.8, 4) is 0 Å². The molecule has 1 aromatic carbocycles. The second-order valence-electron chi connectivity index (χ2n) is 7.55. The minimum Gasteiger partial charge on any atom is -0.469 e. The molecule has 9 heteroatoms. The van der Waals surface area contributed by atoms with E-state index in [-0.39, 0.29) is 28.7 Å². The average Bonchev–Trinajstić information content (AvgIpc) is 2.78. The highest BCUT2D eigenvalue weighted by Gasteiger charge is 2.35. The molecule has 160 valence electrons. The number of nitrogens with zero attached hydrogens (tertiary/aromatic N) is 3. The number of carbonyl (C=O) groups excluding carboxylic acids is 2. The number of benzene rings is 1. The van der Waals surface area contributed by atoms with Gasteiger partial charge in [0.2, 0.25) is 15.9 Å². The zero-order valence-electron chi connectivity index (χ0n) is 17.0. The van der Waals surface area contributed by atoms with E-state index in [4.69, 9.17) is 4.74 Å². The standard InChI is InChI=1S/C20H29N3O5S/c1-16(21-10-8-17(9-11-21)20(25)28-2)19(24)22-12-14-23(15-13-22)29(26,27)18-6-4-3-5-7-18/h3-7,16-17H,8-15H2,1-2H3/t16-/m1/s1. The minimum atomic E-state index is -3.53. The number of rotatable bonds is 5. The van der Waals surface area contributed by atoms with Crippen molar-refractivity contribution in [3.05, 3.63) is 30.3 Å². The van der Waals surface area contributed by atoms with Gasteiger partial charge >= 0.3 is 5.97 Å². The normalized spacial score (nSPS) is 21.0. The number of ether oxygens (including phenoxy) is 1. The van der Waals surface area contributed by atoms with Crippen LogP contribution in [0.5, 0.6) is 0 Å². The monoisotopic (exact) mass is 423 g/mol. The summed E-state index contributed by atoms with van der Waals surface area (Å²) in [6.07, 6.45) is 1.38. The summed E-state index contributed by atoms with van der Waals surface area (Å²) < 4.78 is 31.7. The summed E-state index contributed by atoms with van der Waals surface area (Å²) in [6.45, 7) is 4.58. The maximum Gasteiger partial charge on any atom is 0.308 e. The van der Waals surface area contributed by atoms with E-state index in [0.29, 0.717) is 52.1 Å². The molecule has 2 aliphatic rings. The van der Waals surface area contributed by atoms with Crippen LogP contribution < -0.4 is 0 Å². The molecular weight excluding hydrogens is 394 g/mol. The second kappa shape index (κ2) is 9.23. The molecule has 0 radical (unpaired) electrons. The van der Waals surface area contributed by atoms with Crippen LogP contribution in [0.4, 0.5) is 0 Å². The Morgan fingerprint density at radius 3 is 2.14 bits per heavy atom. The number of hydrogen-bond acceptors (Lipinski definition) is 6. The van der Waals surface area contributed by atoms with Crippen molar-refractivity contribution in [3.63, 3.8) is 0 Å². The molecule has 0 aromatic heterocycles. The topological polar surface area (TPSA) is 87.2 Å². The first-order valence-electron chi connectivity index (χ1n) is 10.0. The zero-order valence-corrected chi connectivity index (χ0v) is 17.8. The summed E-state index contributed by atoms with van der Waals surface area (Å²) in [5.41, 5.74) is 0. The predicted molar refractivity (Wildman–Crippen MR) is 108 cm³/mol. The number of esters is 1. The molecule has 2 heterocycles. The Kier molecular flexibility index (Phi) is 6.92. The molecule has 2 fully saturated rings. The number of methoxy groups -OCH3 is 1. The van der Waals surface area contributed by atoms with E-state index in [0.717, 1.165) is 0 Å². The first kappa shape index (κ1) is 21.7. The van der Waals surface area contributed by atoms with Crippen molar-refractivity contribution in [1.82, 2.24) is 14.1 Å². The third-order valence-corrected chi connectivity index (χ3v) is 7.81. The van der Waals surface area contributed by atoms with Crippen LogP contribution in [0.3, 0.4) is 0 Å². The van der Waals surface area contributed by atoms with E-state index < -0.39 is 10.0 Å². The van der Waals surface area contributed by atoms with Crippen molar-refractivity contribution in [1.29, 1.82) is 0 Å². The highest BCUT2D eigenvalue weighted by Crippen LogP contribution is 2.22. The van der Waals surface area contributed by atoms with Crippen LogP contribution in [-0.4, -0.2) is 86.8 Å². The van der Waals surface area contributed by atoms with E-state index in [1.165, 1.54) is 11.4 Å². The maximum absolute atomic E-state index is 12.9. The van der Waals surface area contributed by atoms with Crippen LogP contribution >= 0.6 is 0 Å². The molecule has 1 atom stereocenters. The van der Waals surface area contributed by atoms with E-state index in [2.05, 4.69) is 4.90 Å². The van der Waals surface area contributed by atoms with Gasteiger partial charge in [0.05, 0.1) is 24.0 Å². The fourth-order valence-electron chi connectivity index (χ4n) is 4.00. The van der Waals surface area contributed by atoms with Crippen LogP contribution in [-0.2, 0) is 24.3 Å². The van der Waals surface area contributed by atoms with Crippen LogP contribution in [0.25, 0.3) is 0 Å². The van der Waals surface area contributed by atoms with Crippen molar-refractivity contribution in [2.75, 3.05) is 46.4 Å². The summed E-state index contributed by atoms with van der Waals surface area (Å²) in [5.74, 6) is -0.261. The Morgan fingerprint density at radius 1 is 1.00 bits per heavy atom. The second-order valence-corrected chi connectivity index (χ2v) is 9.49. The highest BCUT2D eigenvalue weighted by atomic mass is 32.2. The van der Waals surface area contributed by atoms with Gasteiger partial charge in [-0.3, -0.25) is 14.5 Å². The molecule has 0 saturated carbocycles. The number of piperazine rings is 1. The summed E-state index contributed by atoms with van der Waals surface area (Å²) in [7, 11) is -2.13. The lowest BCUT2D eigenvalue weighted by Gasteiger charge is -2.39. The highest BCUT2D eigenvalue weighted by molar-refractivity contribution is 7.89. The van der Waals surface area contributed by atoms with Gasteiger partial charge in [0.25, 0.3) is 0 Å². The Bertz CT molecular complexity index is 814. The lowest BCUT2D eigenvalue weighted by Crippen LogP contribution is -2.56. The fourth-order valence-corrected chi connectivity index (χ4v) is 5.44. The van der Waals surface area contributed by atoms with Gasteiger partial charge in [0.15, 0.2) is 0 Å². The number of likely N-dealkylation sites (tertiary alicyclic amines) is 1. The first-order valence-corrected chi connectivity index (χ1v) is 11.4. The fraction of sp³-hybridized carbons (Fsp3) is 0.600. The Balaban J connectivity index is 1.53. The number of piperidine rings is 1. The molecule has 2 saturated heterocycles. The van der Waals surface area contributed by atoms with Crippen molar-refractivity contribution in [2.45, 2.75) is 30.7 Å². The smallest absolute Gasteiger partial charge is 0.308 e. The molecule has 0 bridgehead atoms. The van der Waals surface area contributed by atoms with Crippen LogP contribution in [0.15, 0.2) is 35.2 Å². The molecule has 29 heavy (non-hydrogen) atoms. The van der Waals surface area contributed by atoms with Gasteiger partial charge in [-0.2, -0.15) is 4.31 Å². The number of hydrogen-bond donors (Lipinski definition) is 0. The van der Waals surface area contributed by atoms with Gasteiger partial charge < -0.3 is 9.64 Å². The van der Waals surface area contributed by atoms with Crippen molar-refractivity contribution in [2.24, 2.45) is 5.92 Å². The van der Waals surface area contributed by atoms with E-state index in [1.807, 2.05) is 6.92 Å². The van der Waals surface area contributed by atoms with Gasteiger partial charge in [-0.05, 0) is 45.0 Å². The number of sulfonamides is 1.